The van der Waals surface area contributed by atoms with Crippen LogP contribution in [0.2, 0.25) is 0 Å². The molecule has 1 aromatic carbocycles. The molecule has 1 N–H and O–H groups in total. The largest absolute Gasteiger partial charge is 0.370 e. The summed E-state index contributed by atoms with van der Waals surface area (Å²) in [6, 6.07) is 13.9. The number of rotatable bonds is 9. The van der Waals surface area contributed by atoms with E-state index in [0.717, 1.165) is 38.0 Å². The number of aromatic nitrogens is 1. The Morgan fingerprint density at radius 2 is 1.75 bits per heavy atom. The fourth-order valence-corrected chi connectivity index (χ4v) is 2.67. The third-order valence-electron chi connectivity index (χ3n) is 3.87. The lowest BCUT2D eigenvalue weighted by atomic mass is 10.1. The highest BCUT2D eigenvalue weighted by atomic mass is 16.1. The predicted octanol–water partition coefficient (Wildman–Crippen LogP) is 3.68. The Balaban J connectivity index is 1.88. The van der Waals surface area contributed by atoms with Gasteiger partial charge in [-0.15, -0.1) is 0 Å². The number of hydrogen-bond donors (Lipinski definition) is 1. The molecule has 2 rings (SSSR count). The van der Waals surface area contributed by atoms with Crippen molar-refractivity contribution in [1.29, 1.82) is 0 Å². The molecule has 0 aliphatic carbocycles. The fraction of sp³-hybridized carbons (Fsp3) is 0.400. The van der Waals surface area contributed by atoms with E-state index >= 15 is 0 Å². The molecule has 2 aromatic rings. The highest BCUT2D eigenvalue weighted by molar-refractivity contribution is 5.92. The van der Waals surface area contributed by atoms with Crippen LogP contribution in [0.1, 0.15) is 42.7 Å². The molecule has 0 saturated carbocycles. The van der Waals surface area contributed by atoms with Crippen molar-refractivity contribution in [3.63, 3.8) is 0 Å². The quantitative estimate of drug-likeness (QED) is 0.765. The number of anilines is 1. The summed E-state index contributed by atoms with van der Waals surface area (Å²) in [5.41, 5.74) is 2.77. The summed E-state index contributed by atoms with van der Waals surface area (Å²) in [6.07, 6.45) is 4.83. The maximum Gasteiger partial charge on any atom is 0.269 e. The van der Waals surface area contributed by atoms with Crippen molar-refractivity contribution in [1.82, 2.24) is 10.3 Å². The first kappa shape index (κ1) is 18.0. The molecule has 0 spiro atoms. The van der Waals surface area contributed by atoms with E-state index in [1.807, 2.05) is 30.3 Å². The minimum atomic E-state index is -0.116. The molecule has 4 heteroatoms. The Kier molecular flexibility index (Phi) is 7.27. The highest BCUT2D eigenvalue weighted by Gasteiger charge is 2.09. The standard InChI is InChI=1S/C20H27N3O/c1-3-14-23(15-4-2)18-10-11-19(22-16-18)20(24)21-13-12-17-8-6-5-7-9-17/h5-11,16H,3-4,12-15H2,1-2H3,(H,21,24). The zero-order chi connectivity index (χ0) is 17.2. The summed E-state index contributed by atoms with van der Waals surface area (Å²) < 4.78 is 0. The first-order chi connectivity index (χ1) is 11.7. The zero-order valence-corrected chi connectivity index (χ0v) is 14.7. The molecular formula is C20H27N3O. The number of carbonyl (C=O) groups excluding carboxylic acids is 1. The van der Waals surface area contributed by atoms with Crippen LogP contribution in [-0.4, -0.2) is 30.5 Å². The van der Waals surface area contributed by atoms with E-state index in [1.54, 1.807) is 6.20 Å². The zero-order valence-electron chi connectivity index (χ0n) is 14.7. The molecule has 1 amide bonds. The van der Waals surface area contributed by atoms with Gasteiger partial charge in [0.05, 0.1) is 11.9 Å². The van der Waals surface area contributed by atoms with Crippen molar-refractivity contribution in [2.45, 2.75) is 33.1 Å². The van der Waals surface area contributed by atoms with Gasteiger partial charge in [-0.1, -0.05) is 44.2 Å². The van der Waals surface area contributed by atoms with E-state index in [9.17, 15) is 4.79 Å². The third-order valence-corrected chi connectivity index (χ3v) is 3.87. The molecule has 1 heterocycles. The monoisotopic (exact) mass is 325 g/mol. The number of nitrogens with one attached hydrogen (secondary N) is 1. The van der Waals surface area contributed by atoms with Gasteiger partial charge in [-0.25, -0.2) is 4.98 Å². The maximum absolute atomic E-state index is 12.2. The Bertz CT molecular complexity index is 605. The molecule has 0 unspecified atom stereocenters. The first-order valence-corrected chi connectivity index (χ1v) is 8.77. The van der Waals surface area contributed by atoms with Crippen LogP contribution >= 0.6 is 0 Å². The SMILES string of the molecule is CCCN(CCC)c1ccc(C(=O)NCCc2ccccc2)nc1. The van der Waals surface area contributed by atoms with Crippen molar-refractivity contribution in [2.24, 2.45) is 0 Å². The smallest absolute Gasteiger partial charge is 0.269 e. The lowest BCUT2D eigenvalue weighted by molar-refractivity contribution is 0.0949. The molecule has 0 fully saturated rings. The topological polar surface area (TPSA) is 45.2 Å². The van der Waals surface area contributed by atoms with Gasteiger partial charge >= 0.3 is 0 Å². The minimum Gasteiger partial charge on any atom is -0.370 e. The van der Waals surface area contributed by atoms with Crippen LogP contribution in [0.4, 0.5) is 5.69 Å². The van der Waals surface area contributed by atoms with Crippen molar-refractivity contribution in [3.8, 4) is 0 Å². The molecule has 0 bridgehead atoms. The van der Waals surface area contributed by atoms with Crippen LogP contribution in [0.15, 0.2) is 48.7 Å². The average Bonchev–Trinajstić information content (AvgIpc) is 2.62. The lowest BCUT2D eigenvalue weighted by Gasteiger charge is -2.23. The van der Waals surface area contributed by atoms with Crippen molar-refractivity contribution >= 4 is 11.6 Å². The summed E-state index contributed by atoms with van der Waals surface area (Å²) >= 11 is 0. The van der Waals surface area contributed by atoms with Gasteiger partial charge in [0.15, 0.2) is 0 Å². The summed E-state index contributed by atoms with van der Waals surface area (Å²) in [5.74, 6) is -0.116. The number of hydrogen-bond acceptors (Lipinski definition) is 3. The number of nitrogens with zero attached hydrogens (tertiary/aromatic N) is 2. The van der Waals surface area contributed by atoms with Gasteiger partial charge in [-0.2, -0.15) is 0 Å². The molecule has 0 aliphatic rings. The summed E-state index contributed by atoms with van der Waals surface area (Å²) in [7, 11) is 0. The molecule has 0 aliphatic heterocycles. The summed E-state index contributed by atoms with van der Waals surface area (Å²) in [6.45, 7) is 6.98. The Morgan fingerprint density at radius 3 is 2.33 bits per heavy atom. The van der Waals surface area contributed by atoms with Crippen LogP contribution < -0.4 is 10.2 Å². The van der Waals surface area contributed by atoms with Crippen molar-refractivity contribution in [3.05, 3.63) is 59.9 Å². The van der Waals surface area contributed by atoms with Gasteiger partial charge in [-0.05, 0) is 37.0 Å². The first-order valence-electron chi connectivity index (χ1n) is 8.77. The van der Waals surface area contributed by atoms with Gasteiger partial charge in [0.1, 0.15) is 5.69 Å². The fourth-order valence-electron chi connectivity index (χ4n) is 2.67. The number of pyridine rings is 1. The van der Waals surface area contributed by atoms with E-state index in [2.05, 4.69) is 41.2 Å². The average molecular weight is 325 g/mol. The second kappa shape index (κ2) is 9.71. The van der Waals surface area contributed by atoms with Crippen LogP contribution in [0.3, 0.4) is 0 Å². The molecule has 128 valence electrons. The normalized spacial score (nSPS) is 10.4. The van der Waals surface area contributed by atoms with E-state index in [4.69, 9.17) is 0 Å². The highest BCUT2D eigenvalue weighted by Crippen LogP contribution is 2.14. The molecule has 24 heavy (non-hydrogen) atoms. The van der Waals surface area contributed by atoms with E-state index in [-0.39, 0.29) is 5.91 Å². The lowest BCUT2D eigenvalue weighted by Crippen LogP contribution is -2.27. The summed E-state index contributed by atoms with van der Waals surface area (Å²) in [4.78, 5) is 18.8. The molecule has 0 atom stereocenters. The molecule has 1 aromatic heterocycles. The predicted molar refractivity (Wildman–Crippen MR) is 99.5 cm³/mol. The summed E-state index contributed by atoms with van der Waals surface area (Å²) in [5, 5.41) is 2.93. The maximum atomic E-state index is 12.2. The second-order valence-electron chi connectivity index (χ2n) is 5.88. The van der Waals surface area contributed by atoms with E-state index in [0.29, 0.717) is 12.2 Å². The van der Waals surface area contributed by atoms with Gasteiger partial charge in [0.2, 0.25) is 0 Å². The minimum absolute atomic E-state index is 0.116. The molecular weight excluding hydrogens is 298 g/mol. The van der Waals surface area contributed by atoms with Crippen LogP contribution in [0, 0.1) is 0 Å². The van der Waals surface area contributed by atoms with Gasteiger partial charge in [-0.3, -0.25) is 4.79 Å². The van der Waals surface area contributed by atoms with Crippen molar-refractivity contribution in [2.75, 3.05) is 24.5 Å². The number of carbonyl (C=O) groups is 1. The Morgan fingerprint density at radius 1 is 1.04 bits per heavy atom. The van der Waals surface area contributed by atoms with Crippen LogP contribution in [0.5, 0.6) is 0 Å². The molecule has 4 nitrogen and oxygen atoms in total. The number of amides is 1. The van der Waals surface area contributed by atoms with Gasteiger partial charge in [0.25, 0.3) is 5.91 Å². The third kappa shape index (κ3) is 5.37. The van der Waals surface area contributed by atoms with Gasteiger partial charge in [0, 0.05) is 19.6 Å². The van der Waals surface area contributed by atoms with Crippen LogP contribution in [-0.2, 0) is 6.42 Å². The van der Waals surface area contributed by atoms with Crippen LogP contribution in [0.25, 0.3) is 0 Å². The van der Waals surface area contributed by atoms with E-state index in [1.165, 1.54) is 5.56 Å². The Hall–Kier alpha value is -2.36. The second-order valence-corrected chi connectivity index (χ2v) is 5.88. The Labute approximate surface area is 144 Å². The molecule has 0 saturated heterocycles. The molecule has 0 radical (unpaired) electrons. The number of benzene rings is 1. The van der Waals surface area contributed by atoms with E-state index < -0.39 is 0 Å². The van der Waals surface area contributed by atoms with Crippen molar-refractivity contribution < 1.29 is 4.79 Å². The van der Waals surface area contributed by atoms with Gasteiger partial charge < -0.3 is 10.2 Å².